The smallest absolute Gasteiger partial charge is 0.220 e. The molecule has 0 bridgehead atoms. The van der Waals surface area contributed by atoms with Crippen LogP contribution in [0.5, 0.6) is 0 Å². The van der Waals surface area contributed by atoms with Gasteiger partial charge in [-0.1, -0.05) is 33.1 Å². The topological polar surface area (TPSA) is 75.4 Å². The van der Waals surface area contributed by atoms with Crippen molar-refractivity contribution in [1.29, 1.82) is 0 Å². The Hall–Kier alpha value is -0.610. The summed E-state index contributed by atoms with van der Waals surface area (Å²) in [5, 5.41) is 13.0. The molecule has 0 aromatic carbocycles. The third-order valence-corrected chi connectivity index (χ3v) is 3.94. The average Bonchev–Trinajstić information content (AvgIpc) is 2.53. The first-order chi connectivity index (χ1) is 9.02. The van der Waals surface area contributed by atoms with Gasteiger partial charge in [0.15, 0.2) is 0 Å². The van der Waals surface area contributed by atoms with Crippen LogP contribution in [0.4, 0.5) is 0 Å². The van der Waals surface area contributed by atoms with Crippen LogP contribution < -0.4 is 11.1 Å². The first-order valence-electron chi connectivity index (χ1n) is 7.70. The van der Waals surface area contributed by atoms with E-state index < -0.39 is 0 Å². The monoisotopic (exact) mass is 270 g/mol. The van der Waals surface area contributed by atoms with Crippen LogP contribution in [-0.2, 0) is 4.79 Å². The van der Waals surface area contributed by atoms with Gasteiger partial charge < -0.3 is 16.2 Å². The number of hydrogen-bond acceptors (Lipinski definition) is 3. The largest absolute Gasteiger partial charge is 0.391 e. The van der Waals surface area contributed by atoms with Crippen LogP contribution in [0, 0.1) is 11.8 Å². The second-order valence-electron chi connectivity index (χ2n) is 6.31. The second kappa shape index (κ2) is 8.54. The Bertz CT molecular complexity index is 269. The number of carbonyl (C=O) groups excluding carboxylic acids is 1. The average molecular weight is 270 g/mol. The molecule has 0 aromatic rings. The van der Waals surface area contributed by atoms with Gasteiger partial charge in [-0.2, -0.15) is 0 Å². The molecule has 0 radical (unpaired) electrons. The number of rotatable bonds is 6. The lowest BCUT2D eigenvalue weighted by Gasteiger charge is -2.23. The number of amides is 1. The van der Waals surface area contributed by atoms with Crippen LogP contribution in [-0.4, -0.2) is 29.7 Å². The van der Waals surface area contributed by atoms with E-state index in [0.29, 0.717) is 18.9 Å². The summed E-state index contributed by atoms with van der Waals surface area (Å²) in [6.07, 6.45) is 6.09. The molecule has 4 heteroatoms. The summed E-state index contributed by atoms with van der Waals surface area (Å²) in [6, 6.07) is -0.0625. The number of nitrogens with two attached hydrogens (primary N) is 1. The molecule has 1 fully saturated rings. The van der Waals surface area contributed by atoms with Crippen LogP contribution in [0.2, 0.25) is 0 Å². The molecule has 1 saturated carbocycles. The van der Waals surface area contributed by atoms with Gasteiger partial charge in [0.2, 0.25) is 5.91 Å². The van der Waals surface area contributed by atoms with Crippen molar-refractivity contribution in [3.63, 3.8) is 0 Å². The van der Waals surface area contributed by atoms with Gasteiger partial charge in [-0.15, -0.1) is 0 Å². The van der Waals surface area contributed by atoms with E-state index in [-0.39, 0.29) is 24.0 Å². The summed E-state index contributed by atoms with van der Waals surface area (Å²) >= 11 is 0. The number of hydrogen-bond donors (Lipinski definition) is 3. The van der Waals surface area contributed by atoms with Crippen LogP contribution in [0.3, 0.4) is 0 Å². The SMILES string of the molecule is CC(C)C[C@H](CN)CC(=O)NC1CCCCCC1O. The van der Waals surface area contributed by atoms with Crippen molar-refractivity contribution in [2.45, 2.75) is 70.9 Å². The van der Waals surface area contributed by atoms with Crippen LogP contribution in [0.1, 0.15) is 58.8 Å². The van der Waals surface area contributed by atoms with E-state index in [1.54, 1.807) is 0 Å². The Morgan fingerprint density at radius 1 is 1.32 bits per heavy atom. The standard InChI is InChI=1S/C15H30N2O2/c1-11(2)8-12(10-16)9-15(19)17-13-6-4-3-5-7-14(13)18/h11-14,18H,3-10,16H2,1-2H3,(H,17,19)/t12-,13?,14?/m0/s1. The third-order valence-electron chi connectivity index (χ3n) is 3.94. The second-order valence-corrected chi connectivity index (χ2v) is 6.31. The van der Waals surface area contributed by atoms with Crippen molar-refractivity contribution >= 4 is 5.91 Å². The molecular formula is C15H30N2O2. The van der Waals surface area contributed by atoms with Crippen molar-refractivity contribution in [2.24, 2.45) is 17.6 Å². The zero-order valence-electron chi connectivity index (χ0n) is 12.4. The molecule has 4 nitrogen and oxygen atoms in total. The van der Waals surface area contributed by atoms with Crippen molar-refractivity contribution in [3.8, 4) is 0 Å². The molecule has 3 atom stereocenters. The lowest BCUT2D eigenvalue weighted by Crippen LogP contribution is -2.43. The molecule has 1 aliphatic rings. The van der Waals surface area contributed by atoms with Gasteiger partial charge >= 0.3 is 0 Å². The van der Waals surface area contributed by atoms with Gasteiger partial charge in [0.1, 0.15) is 0 Å². The van der Waals surface area contributed by atoms with E-state index in [2.05, 4.69) is 19.2 Å². The van der Waals surface area contributed by atoms with Gasteiger partial charge in [-0.3, -0.25) is 4.79 Å². The number of aliphatic hydroxyl groups is 1. The number of nitrogens with one attached hydrogen (secondary N) is 1. The van der Waals surface area contributed by atoms with Gasteiger partial charge in [0, 0.05) is 6.42 Å². The maximum atomic E-state index is 12.0. The molecular weight excluding hydrogens is 240 g/mol. The lowest BCUT2D eigenvalue weighted by molar-refractivity contribution is -0.123. The van der Waals surface area contributed by atoms with Gasteiger partial charge in [0.05, 0.1) is 12.1 Å². The fraction of sp³-hybridized carbons (Fsp3) is 0.933. The van der Waals surface area contributed by atoms with Gasteiger partial charge in [-0.25, -0.2) is 0 Å². The zero-order valence-corrected chi connectivity index (χ0v) is 12.4. The molecule has 4 N–H and O–H groups in total. The molecule has 0 aromatic heterocycles. The van der Waals surface area contributed by atoms with E-state index in [4.69, 9.17) is 5.73 Å². The molecule has 1 rings (SSSR count). The van der Waals surface area contributed by atoms with Crippen molar-refractivity contribution in [2.75, 3.05) is 6.54 Å². The molecule has 0 aliphatic heterocycles. The maximum absolute atomic E-state index is 12.0. The van der Waals surface area contributed by atoms with E-state index in [1.165, 1.54) is 0 Å². The summed E-state index contributed by atoms with van der Waals surface area (Å²) in [5.74, 6) is 0.856. The predicted octanol–water partition coefficient (Wildman–Crippen LogP) is 1.81. The highest BCUT2D eigenvalue weighted by atomic mass is 16.3. The minimum absolute atomic E-state index is 0.0436. The molecule has 0 spiro atoms. The number of carbonyl (C=O) groups is 1. The highest BCUT2D eigenvalue weighted by Gasteiger charge is 2.24. The van der Waals surface area contributed by atoms with Crippen molar-refractivity contribution in [1.82, 2.24) is 5.32 Å². The summed E-state index contributed by atoms with van der Waals surface area (Å²) in [4.78, 5) is 12.0. The molecule has 0 heterocycles. The third kappa shape index (κ3) is 6.39. The molecule has 1 amide bonds. The first-order valence-corrected chi connectivity index (χ1v) is 7.70. The minimum Gasteiger partial charge on any atom is -0.391 e. The summed E-state index contributed by atoms with van der Waals surface area (Å²) in [7, 11) is 0. The zero-order chi connectivity index (χ0) is 14.3. The fourth-order valence-corrected chi connectivity index (χ4v) is 2.91. The van der Waals surface area contributed by atoms with Crippen LogP contribution in [0.15, 0.2) is 0 Å². The summed E-state index contributed by atoms with van der Waals surface area (Å²) < 4.78 is 0. The van der Waals surface area contributed by atoms with E-state index >= 15 is 0 Å². The normalized spacial score (nSPS) is 25.9. The highest BCUT2D eigenvalue weighted by molar-refractivity contribution is 5.76. The van der Waals surface area contributed by atoms with Crippen molar-refractivity contribution < 1.29 is 9.90 Å². The highest BCUT2D eigenvalue weighted by Crippen LogP contribution is 2.19. The Labute approximate surface area is 117 Å². The first kappa shape index (κ1) is 16.4. The lowest BCUT2D eigenvalue weighted by atomic mass is 9.93. The Morgan fingerprint density at radius 3 is 2.63 bits per heavy atom. The van der Waals surface area contributed by atoms with Gasteiger partial charge in [-0.05, 0) is 37.6 Å². The van der Waals surface area contributed by atoms with Crippen molar-refractivity contribution in [3.05, 3.63) is 0 Å². The van der Waals surface area contributed by atoms with Gasteiger partial charge in [0.25, 0.3) is 0 Å². The molecule has 2 unspecified atom stereocenters. The van der Waals surface area contributed by atoms with E-state index in [9.17, 15) is 9.90 Å². The predicted molar refractivity (Wildman–Crippen MR) is 77.6 cm³/mol. The van der Waals surface area contributed by atoms with Crippen LogP contribution >= 0.6 is 0 Å². The summed E-state index contributed by atoms with van der Waals surface area (Å²) in [5.41, 5.74) is 5.73. The summed E-state index contributed by atoms with van der Waals surface area (Å²) in [6.45, 7) is 4.85. The quantitative estimate of drug-likeness (QED) is 0.644. The molecule has 112 valence electrons. The van der Waals surface area contributed by atoms with Crippen LogP contribution in [0.25, 0.3) is 0 Å². The molecule has 1 aliphatic carbocycles. The molecule has 0 saturated heterocycles. The van der Waals surface area contributed by atoms with E-state index in [1.807, 2.05) is 0 Å². The Morgan fingerprint density at radius 2 is 2.00 bits per heavy atom. The Balaban J connectivity index is 2.39. The minimum atomic E-state index is -0.382. The fourth-order valence-electron chi connectivity index (χ4n) is 2.91. The van der Waals surface area contributed by atoms with E-state index in [0.717, 1.165) is 38.5 Å². The Kier molecular flexibility index (Phi) is 7.39. The molecule has 19 heavy (non-hydrogen) atoms. The maximum Gasteiger partial charge on any atom is 0.220 e. The number of aliphatic hydroxyl groups excluding tert-OH is 1.